The van der Waals surface area contributed by atoms with Gasteiger partial charge in [0, 0.05) is 16.8 Å². The van der Waals surface area contributed by atoms with E-state index in [-0.39, 0.29) is 0 Å². The summed E-state index contributed by atoms with van der Waals surface area (Å²) in [6.45, 7) is 2.29. The van der Waals surface area contributed by atoms with Gasteiger partial charge < -0.3 is 5.73 Å². The molecule has 3 unspecified atom stereocenters. The minimum absolute atomic E-state index is 0.400. The molecule has 0 amide bonds. The molecule has 2 heteroatoms. The Hall–Kier alpha value is -0.340. The van der Waals surface area contributed by atoms with Crippen molar-refractivity contribution < 1.29 is 0 Å². The second kappa shape index (κ2) is 5.13. The van der Waals surface area contributed by atoms with Gasteiger partial charge in [0.2, 0.25) is 0 Å². The molecule has 0 aliphatic heterocycles. The van der Waals surface area contributed by atoms with Gasteiger partial charge in [-0.3, -0.25) is 0 Å². The van der Waals surface area contributed by atoms with Gasteiger partial charge in [-0.1, -0.05) is 25.8 Å². The summed E-state index contributed by atoms with van der Waals surface area (Å²) < 4.78 is 0. The molecular formula is C13H21NS. The minimum Gasteiger partial charge on any atom is -0.327 e. The molecule has 1 aromatic rings. The van der Waals surface area contributed by atoms with Crippen molar-refractivity contribution in [1.29, 1.82) is 0 Å². The van der Waals surface area contributed by atoms with Crippen molar-refractivity contribution in [3.63, 3.8) is 0 Å². The number of hydrogen-bond donors (Lipinski definition) is 1. The summed E-state index contributed by atoms with van der Waals surface area (Å²) in [5.74, 6) is 1.55. The Bertz CT molecular complexity index is 281. The van der Waals surface area contributed by atoms with Crippen molar-refractivity contribution >= 4 is 11.3 Å². The van der Waals surface area contributed by atoms with E-state index in [1.807, 2.05) is 11.3 Å². The minimum atomic E-state index is 0.400. The number of thiophene rings is 1. The highest BCUT2D eigenvalue weighted by atomic mass is 32.1. The van der Waals surface area contributed by atoms with Crippen LogP contribution in [0.5, 0.6) is 0 Å². The van der Waals surface area contributed by atoms with E-state index in [2.05, 4.69) is 24.4 Å². The van der Waals surface area contributed by atoms with Gasteiger partial charge in [0.15, 0.2) is 0 Å². The molecule has 15 heavy (non-hydrogen) atoms. The molecule has 1 aliphatic carbocycles. The van der Waals surface area contributed by atoms with Crippen LogP contribution in [0.2, 0.25) is 0 Å². The summed E-state index contributed by atoms with van der Waals surface area (Å²) in [7, 11) is 0. The van der Waals surface area contributed by atoms with E-state index >= 15 is 0 Å². The van der Waals surface area contributed by atoms with Gasteiger partial charge in [-0.2, -0.15) is 0 Å². The molecule has 2 N–H and O–H groups in total. The van der Waals surface area contributed by atoms with Crippen molar-refractivity contribution in [2.45, 2.75) is 51.0 Å². The zero-order valence-electron chi connectivity index (χ0n) is 9.49. The topological polar surface area (TPSA) is 26.0 Å². The monoisotopic (exact) mass is 223 g/mol. The zero-order valence-corrected chi connectivity index (χ0v) is 10.3. The van der Waals surface area contributed by atoms with Gasteiger partial charge in [0.1, 0.15) is 0 Å². The maximum Gasteiger partial charge on any atom is 0.0116 e. The van der Waals surface area contributed by atoms with E-state index in [1.54, 1.807) is 0 Å². The van der Waals surface area contributed by atoms with E-state index in [0.717, 1.165) is 5.92 Å². The SMILES string of the molecule is CCCC1CCC(N)C(c2cccs2)C1. The first-order chi connectivity index (χ1) is 7.31. The zero-order chi connectivity index (χ0) is 10.7. The molecule has 2 rings (SSSR count). The third kappa shape index (κ3) is 2.61. The Morgan fingerprint density at radius 3 is 3.00 bits per heavy atom. The number of hydrogen-bond acceptors (Lipinski definition) is 2. The molecule has 1 aromatic heterocycles. The predicted octanol–water partition coefficient (Wildman–Crippen LogP) is 3.76. The van der Waals surface area contributed by atoms with Crippen molar-refractivity contribution in [1.82, 2.24) is 0 Å². The third-order valence-electron chi connectivity index (χ3n) is 3.62. The van der Waals surface area contributed by atoms with Crippen LogP contribution in [-0.4, -0.2) is 6.04 Å². The maximum atomic E-state index is 6.24. The fourth-order valence-electron chi connectivity index (χ4n) is 2.78. The van der Waals surface area contributed by atoms with Crippen molar-refractivity contribution in [2.24, 2.45) is 11.7 Å². The Morgan fingerprint density at radius 1 is 1.47 bits per heavy atom. The summed E-state index contributed by atoms with van der Waals surface area (Å²) in [5, 5.41) is 2.17. The van der Waals surface area contributed by atoms with E-state index in [4.69, 9.17) is 5.73 Å². The quantitative estimate of drug-likeness (QED) is 0.829. The lowest BCUT2D eigenvalue weighted by Crippen LogP contribution is -2.34. The van der Waals surface area contributed by atoms with Crippen LogP contribution in [0.4, 0.5) is 0 Å². The lowest BCUT2D eigenvalue weighted by molar-refractivity contribution is 0.276. The fourth-order valence-corrected chi connectivity index (χ4v) is 3.70. The molecule has 0 aromatic carbocycles. The molecule has 0 saturated heterocycles. The Morgan fingerprint density at radius 2 is 2.33 bits per heavy atom. The Labute approximate surface area is 96.7 Å². The second-order valence-electron chi connectivity index (χ2n) is 4.75. The molecular weight excluding hydrogens is 202 g/mol. The third-order valence-corrected chi connectivity index (χ3v) is 4.62. The fraction of sp³-hybridized carbons (Fsp3) is 0.692. The first-order valence-corrected chi connectivity index (χ1v) is 6.98. The average Bonchev–Trinajstić information content (AvgIpc) is 2.74. The van der Waals surface area contributed by atoms with E-state index in [9.17, 15) is 0 Å². The van der Waals surface area contributed by atoms with Gasteiger partial charge in [-0.05, 0) is 36.6 Å². The van der Waals surface area contributed by atoms with Crippen molar-refractivity contribution in [3.05, 3.63) is 22.4 Å². The van der Waals surface area contributed by atoms with Crippen molar-refractivity contribution in [2.75, 3.05) is 0 Å². The smallest absolute Gasteiger partial charge is 0.0116 e. The molecule has 84 valence electrons. The molecule has 1 saturated carbocycles. The number of rotatable bonds is 3. The van der Waals surface area contributed by atoms with Gasteiger partial charge >= 0.3 is 0 Å². The molecule has 1 heterocycles. The molecule has 0 bridgehead atoms. The predicted molar refractivity (Wildman–Crippen MR) is 67.3 cm³/mol. The molecule has 0 radical (unpaired) electrons. The van der Waals surface area contributed by atoms with Crippen LogP contribution < -0.4 is 5.73 Å². The summed E-state index contributed by atoms with van der Waals surface area (Å²) >= 11 is 1.87. The number of nitrogens with two attached hydrogens (primary N) is 1. The molecule has 1 aliphatic rings. The van der Waals surface area contributed by atoms with Crippen LogP contribution in [-0.2, 0) is 0 Å². The first-order valence-electron chi connectivity index (χ1n) is 6.10. The first kappa shape index (κ1) is 11.2. The molecule has 1 fully saturated rings. The van der Waals surface area contributed by atoms with Crippen LogP contribution >= 0.6 is 11.3 Å². The lowest BCUT2D eigenvalue weighted by atomic mass is 9.76. The molecule has 3 atom stereocenters. The highest BCUT2D eigenvalue weighted by Crippen LogP contribution is 2.38. The second-order valence-corrected chi connectivity index (χ2v) is 5.73. The van der Waals surface area contributed by atoms with Crippen LogP contribution in [0, 0.1) is 5.92 Å². The molecule has 1 nitrogen and oxygen atoms in total. The van der Waals surface area contributed by atoms with Gasteiger partial charge in [-0.15, -0.1) is 11.3 Å². The standard InChI is InChI=1S/C13H21NS/c1-2-4-10-6-7-12(14)11(9-10)13-5-3-8-15-13/h3,5,8,10-12H,2,4,6-7,9,14H2,1H3. The largest absolute Gasteiger partial charge is 0.327 e. The van der Waals surface area contributed by atoms with Crippen LogP contribution in [0.3, 0.4) is 0 Å². The van der Waals surface area contributed by atoms with Crippen LogP contribution in [0.15, 0.2) is 17.5 Å². The lowest BCUT2D eigenvalue weighted by Gasteiger charge is -2.33. The summed E-state index contributed by atoms with van der Waals surface area (Å²) in [6.07, 6.45) is 6.57. The normalized spacial score (nSPS) is 31.7. The van der Waals surface area contributed by atoms with E-state index < -0.39 is 0 Å². The molecule has 0 spiro atoms. The average molecular weight is 223 g/mol. The van der Waals surface area contributed by atoms with Crippen molar-refractivity contribution in [3.8, 4) is 0 Å². The highest BCUT2D eigenvalue weighted by Gasteiger charge is 2.29. The summed E-state index contributed by atoms with van der Waals surface area (Å²) in [6, 6.07) is 4.80. The Kier molecular flexibility index (Phi) is 3.81. The van der Waals surface area contributed by atoms with Crippen LogP contribution in [0.25, 0.3) is 0 Å². The van der Waals surface area contributed by atoms with Gasteiger partial charge in [0.05, 0.1) is 0 Å². The van der Waals surface area contributed by atoms with Gasteiger partial charge in [-0.25, -0.2) is 0 Å². The Balaban J connectivity index is 2.02. The van der Waals surface area contributed by atoms with E-state index in [1.165, 1.54) is 37.0 Å². The van der Waals surface area contributed by atoms with Crippen LogP contribution in [0.1, 0.15) is 49.8 Å². The van der Waals surface area contributed by atoms with E-state index in [0.29, 0.717) is 12.0 Å². The summed E-state index contributed by atoms with van der Waals surface area (Å²) in [5.41, 5.74) is 6.24. The maximum absolute atomic E-state index is 6.24. The highest BCUT2D eigenvalue weighted by molar-refractivity contribution is 7.10. The summed E-state index contributed by atoms with van der Waals surface area (Å²) in [4.78, 5) is 1.50. The van der Waals surface area contributed by atoms with Gasteiger partial charge in [0.25, 0.3) is 0 Å².